The van der Waals surface area contributed by atoms with Gasteiger partial charge in [0.25, 0.3) is 0 Å². The SMILES string of the molecule is CC#CC(C)Cc1cccnc1. The zero-order valence-electron chi connectivity index (χ0n) is 7.54. The van der Waals surface area contributed by atoms with E-state index in [-0.39, 0.29) is 0 Å². The average molecular weight is 159 g/mol. The van der Waals surface area contributed by atoms with Gasteiger partial charge in [0.2, 0.25) is 0 Å². The number of rotatable bonds is 2. The molecule has 62 valence electrons. The normalized spacial score (nSPS) is 11.5. The summed E-state index contributed by atoms with van der Waals surface area (Å²) in [4.78, 5) is 4.05. The predicted molar refractivity (Wildman–Crippen MR) is 50.6 cm³/mol. The van der Waals surface area contributed by atoms with Crippen molar-refractivity contribution in [3.05, 3.63) is 30.1 Å². The monoisotopic (exact) mass is 159 g/mol. The summed E-state index contributed by atoms with van der Waals surface area (Å²) in [6.07, 6.45) is 4.68. The first kappa shape index (κ1) is 8.80. The van der Waals surface area contributed by atoms with Crippen molar-refractivity contribution in [2.24, 2.45) is 5.92 Å². The molecule has 0 aliphatic carbocycles. The topological polar surface area (TPSA) is 12.9 Å². The highest BCUT2D eigenvalue weighted by Crippen LogP contribution is 2.05. The number of hydrogen-bond acceptors (Lipinski definition) is 1. The Morgan fingerprint density at radius 2 is 2.42 bits per heavy atom. The van der Waals surface area contributed by atoms with E-state index in [4.69, 9.17) is 0 Å². The summed E-state index contributed by atoms with van der Waals surface area (Å²) >= 11 is 0. The lowest BCUT2D eigenvalue weighted by molar-refractivity contribution is 0.747. The maximum absolute atomic E-state index is 4.05. The van der Waals surface area contributed by atoms with Crippen molar-refractivity contribution >= 4 is 0 Å². The second kappa shape index (κ2) is 4.56. The van der Waals surface area contributed by atoms with Crippen molar-refractivity contribution in [1.29, 1.82) is 0 Å². The van der Waals surface area contributed by atoms with E-state index in [0.717, 1.165) is 6.42 Å². The summed E-state index contributed by atoms with van der Waals surface area (Å²) in [5.74, 6) is 6.46. The molecule has 0 radical (unpaired) electrons. The fraction of sp³-hybridized carbons (Fsp3) is 0.364. The average Bonchev–Trinajstić information content (AvgIpc) is 2.06. The molecule has 1 heteroatoms. The van der Waals surface area contributed by atoms with Gasteiger partial charge in [0.15, 0.2) is 0 Å². The lowest BCUT2D eigenvalue weighted by Crippen LogP contribution is -1.96. The van der Waals surface area contributed by atoms with Crippen LogP contribution in [0.4, 0.5) is 0 Å². The summed E-state index contributed by atoms with van der Waals surface area (Å²) < 4.78 is 0. The van der Waals surface area contributed by atoms with Crippen molar-refractivity contribution in [3.63, 3.8) is 0 Å². The standard InChI is InChI=1S/C11H13N/c1-3-5-10(2)8-11-6-4-7-12-9-11/h4,6-7,9-10H,8H2,1-2H3. The van der Waals surface area contributed by atoms with Gasteiger partial charge in [-0.1, -0.05) is 13.0 Å². The van der Waals surface area contributed by atoms with Crippen LogP contribution < -0.4 is 0 Å². The largest absolute Gasteiger partial charge is 0.264 e. The third-order valence-corrected chi connectivity index (χ3v) is 1.66. The highest BCUT2D eigenvalue weighted by molar-refractivity contribution is 5.12. The first-order valence-electron chi connectivity index (χ1n) is 4.14. The molecule has 0 N–H and O–H groups in total. The van der Waals surface area contributed by atoms with Crippen LogP contribution in [0.25, 0.3) is 0 Å². The molecule has 0 fully saturated rings. The highest BCUT2D eigenvalue weighted by atomic mass is 14.6. The molecule has 0 aromatic carbocycles. The van der Waals surface area contributed by atoms with Crippen LogP contribution in [0.2, 0.25) is 0 Å². The number of hydrogen-bond donors (Lipinski definition) is 0. The van der Waals surface area contributed by atoms with Gasteiger partial charge in [0, 0.05) is 18.3 Å². The van der Waals surface area contributed by atoms with Crippen LogP contribution in [0.1, 0.15) is 19.4 Å². The Hall–Kier alpha value is -1.29. The molecule has 1 atom stereocenters. The molecule has 1 rings (SSSR count). The van der Waals surface area contributed by atoms with Crippen molar-refractivity contribution < 1.29 is 0 Å². The van der Waals surface area contributed by atoms with Crippen LogP contribution in [0.15, 0.2) is 24.5 Å². The first-order valence-corrected chi connectivity index (χ1v) is 4.14. The van der Waals surface area contributed by atoms with Gasteiger partial charge >= 0.3 is 0 Å². The third-order valence-electron chi connectivity index (χ3n) is 1.66. The summed E-state index contributed by atoms with van der Waals surface area (Å²) in [6.45, 7) is 4.00. The highest BCUT2D eigenvalue weighted by Gasteiger charge is 1.98. The maximum Gasteiger partial charge on any atom is 0.0300 e. The molecule has 0 aliphatic heterocycles. The molecule has 12 heavy (non-hydrogen) atoms. The Labute approximate surface area is 73.8 Å². The van der Waals surface area contributed by atoms with Gasteiger partial charge in [-0.15, -0.1) is 11.8 Å². The van der Waals surface area contributed by atoms with Crippen molar-refractivity contribution in [1.82, 2.24) is 4.98 Å². The van der Waals surface area contributed by atoms with Crippen molar-refractivity contribution in [3.8, 4) is 11.8 Å². The van der Waals surface area contributed by atoms with Gasteiger partial charge in [-0.25, -0.2) is 0 Å². The second-order valence-electron chi connectivity index (χ2n) is 2.86. The number of nitrogens with zero attached hydrogens (tertiary/aromatic N) is 1. The second-order valence-corrected chi connectivity index (χ2v) is 2.86. The first-order chi connectivity index (χ1) is 5.83. The van der Waals surface area contributed by atoms with E-state index in [1.165, 1.54) is 5.56 Å². The van der Waals surface area contributed by atoms with Gasteiger partial charge in [-0.2, -0.15) is 0 Å². The summed E-state index contributed by atoms with van der Waals surface area (Å²) in [7, 11) is 0. The van der Waals surface area contributed by atoms with Gasteiger partial charge in [-0.05, 0) is 25.0 Å². The predicted octanol–water partition coefficient (Wildman–Crippen LogP) is 2.28. The van der Waals surface area contributed by atoms with Gasteiger partial charge in [-0.3, -0.25) is 4.98 Å². The maximum atomic E-state index is 4.05. The molecule has 1 unspecified atom stereocenters. The van der Waals surface area contributed by atoms with Crippen molar-refractivity contribution in [2.45, 2.75) is 20.3 Å². The molecule has 0 saturated carbocycles. The zero-order valence-corrected chi connectivity index (χ0v) is 7.54. The summed E-state index contributed by atoms with van der Waals surface area (Å²) in [5.41, 5.74) is 1.26. The van der Waals surface area contributed by atoms with Crippen LogP contribution in [0, 0.1) is 17.8 Å². The lowest BCUT2D eigenvalue weighted by atomic mass is 10.0. The van der Waals surface area contributed by atoms with E-state index >= 15 is 0 Å². The quantitative estimate of drug-likeness (QED) is 0.603. The van der Waals surface area contributed by atoms with Gasteiger partial charge in [0.05, 0.1) is 0 Å². The van der Waals surface area contributed by atoms with Crippen LogP contribution in [-0.4, -0.2) is 4.98 Å². The van der Waals surface area contributed by atoms with Crippen LogP contribution in [0.3, 0.4) is 0 Å². The molecule has 1 nitrogen and oxygen atoms in total. The Morgan fingerprint density at radius 3 is 3.00 bits per heavy atom. The van der Waals surface area contributed by atoms with E-state index in [1.54, 1.807) is 6.20 Å². The van der Waals surface area contributed by atoms with Gasteiger partial charge < -0.3 is 0 Å². The minimum absolute atomic E-state index is 0.430. The van der Waals surface area contributed by atoms with E-state index < -0.39 is 0 Å². The van der Waals surface area contributed by atoms with Crippen LogP contribution in [-0.2, 0) is 6.42 Å². The van der Waals surface area contributed by atoms with Gasteiger partial charge in [0.1, 0.15) is 0 Å². The fourth-order valence-corrected chi connectivity index (χ4v) is 1.17. The van der Waals surface area contributed by atoms with E-state index in [1.807, 2.05) is 19.2 Å². The fourth-order valence-electron chi connectivity index (χ4n) is 1.17. The molecule has 1 aromatic heterocycles. The Kier molecular flexibility index (Phi) is 3.35. The zero-order chi connectivity index (χ0) is 8.81. The van der Waals surface area contributed by atoms with Crippen LogP contribution in [0.5, 0.6) is 0 Å². The molecular weight excluding hydrogens is 146 g/mol. The van der Waals surface area contributed by atoms with E-state index in [9.17, 15) is 0 Å². The Morgan fingerprint density at radius 1 is 1.58 bits per heavy atom. The lowest BCUT2D eigenvalue weighted by Gasteiger charge is -2.02. The number of pyridine rings is 1. The molecule has 0 spiro atoms. The summed E-state index contributed by atoms with van der Waals surface area (Å²) in [5, 5.41) is 0. The number of aromatic nitrogens is 1. The third kappa shape index (κ3) is 2.75. The molecule has 0 amide bonds. The molecule has 0 aliphatic rings. The van der Waals surface area contributed by atoms with Crippen LogP contribution >= 0.6 is 0 Å². The Balaban J connectivity index is 2.56. The molecule has 1 aromatic rings. The minimum atomic E-state index is 0.430. The Bertz CT molecular complexity index is 279. The summed E-state index contributed by atoms with van der Waals surface area (Å²) in [6, 6.07) is 4.04. The van der Waals surface area contributed by atoms with E-state index in [2.05, 4.69) is 29.8 Å². The van der Waals surface area contributed by atoms with E-state index in [0.29, 0.717) is 5.92 Å². The molecular formula is C11H13N. The van der Waals surface area contributed by atoms with Crippen molar-refractivity contribution in [2.75, 3.05) is 0 Å². The minimum Gasteiger partial charge on any atom is -0.264 e. The molecule has 0 saturated heterocycles. The molecule has 0 bridgehead atoms. The molecule has 1 heterocycles. The smallest absolute Gasteiger partial charge is 0.0300 e.